The van der Waals surface area contributed by atoms with Crippen LogP contribution in [0, 0.1) is 5.92 Å². The number of rotatable bonds is 5. The monoisotopic (exact) mass is 267 g/mol. The van der Waals surface area contributed by atoms with Crippen LogP contribution >= 0.6 is 0 Å². The van der Waals surface area contributed by atoms with E-state index in [1.807, 2.05) is 0 Å². The molecular formula is C15H29N3O. The van der Waals surface area contributed by atoms with E-state index in [-0.39, 0.29) is 5.91 Å². The van der Waals surface area contributed by atoms with E-state index in [2.05, 4.69) is 29.0 Å². The van der Waals surface area contributed by atoms with Gasteiger partial charge >= 0.3 is 0 Å². The first kappa shape index (κ1) is 14.8. The summed E-state index contributed by atoms with van der Waals surface area (Å²) in [5, 5.41) is 3.18. The Morgan fingerprint density at radius 3 is 2.26 bits per heavy atom. The molecule has 1 saturated heterocycles. The van der Waals surface area contributed by atoms with Crippen LogP contribution in [0.25, 0.3) is 0 Å². The van der Waals surface area contributed by atoms with Crippen molar-refractivity contribution < 1.29 is 4.79 Å². The summed E-state index contributed by atoms with van der Waals surface area (Å²) in [6.07, 6.45) is 4.90. The molecule has 1 aliphatic heterocycles. The summed E-state index contributed by atoms with van der Waals surface area (Å²) in [5.74, 6) is 0.960. The van der Waals surface area contributed by atoms with Crippen molar-refractivity contribution in [2.45, 2.75) is 45.6 Å². The van der Waals surface area contributed by atoms with Gasteiger partial charge in [-0.25, -0.2) is 0 Å². The Balaban J connectivity index is 1.63. The third-order valence-electron chi connectivity index (χ3n) is 4.18. The molecule has 0 aromatic heterocycles. The second-order valence-electron chi connectivity index (χ2n) is 6.52. The van der Waals surface area contributed by atoms with Crippen molar-refractivity contribution in [1.82, 2.24) is 15.1 Å². The Hall–Kier alpha value is -0.610. The topological polar surface area (TPSA) is 35.6 Å². The lowest BCUT2D eigenvalue weighted by Gasteiger charge is -2.35. The number of carbonyl (C=O) groups excluding carboxylic acids is 1. The molecule has 2 aliphatic rings. The van der Waals surface area contributed by atoms with Gasteiger partial charge in [0.05, 0.1) is 6.54 Å². The van der Waals surface area contributed by atoms with Crippen molar-refractivity contribution in [3.63, 3.8) is 0 Å². The predicted octanol–water partition coefficient (Wildman–Crippen LogP) is 1.32. The highest BCUT2D eigenvalue weighted by Gasteiger charge is 2.21. The van der Waals surface area contributed by atoms with E-state index in [9.17, 15) is 4.79 Å². The van der Waals surface area contributed by atoms with Crippen LogP contribution in [0.5, 0.6) is 0 Å². The zero-order chi connectivity index (χ0) is 13.7. The van der Waals surface area contributed by atoms with Gasteiger partial charge in [0, 0.05) is 38.8 Å². The zero-order valence-corrected chi connectivity index (χ0v) is 12.5. The summed E-state index contributed by atoms with van der Waals surface area (Å²) in [6.45, 7) is 10.6. The first-order valence-electron chi connectivity index (χ1n) is 7.87. The van der Waals surface area contributed by atoms with Gasteiger partial charge in [-0.1, -0.05) is 26.7 Å². The van der Waals surface area contributed by atoms with Gasteiger partial charge in [-0.15, -0.1) is 0 Å². The Kier molecular flexibility index (Phi) is 5.64. The van der Waals surface area contributed by atoms with Crippen molar-refractivity contribution in [2.75, 3.05) is 39.3 Å². The van der Waals surface area contributed by atoms with E-state index in [4.69, 9.17) is 0 Å². The summed E-state index contributed by atoms with van der Waals surface area (Å²) >= 11 is 0. The van der Waals surface area contributed by atoms with E-state index in [0.29, 0.717) is 12.6 Å². The van der Waals surface area contributed by atoms with Gasteiger partial charge in [0.2, 0.25) is 5.91 Å². The molecule has 2 fully saturated rings. The summed E-state index contributed by atoms with van der Waals surface area (Å²) < 4.78 is 0. The van der Waals surface area contributed by atoms with Crippen LogP contribution in [0.15, 0.2) is 0 Å². The normalized spacial score (nSPS) is 23.1. The van der Waals surface area contributed by atoms with Crippen LogP contribution in [-0.2, 0) is 4.79 Å². The highest BCUT2D eigenvalue weighted by atomic mass is 16.2. The van der Waals surface area contributed by atoms with Crippen molar-refractivity contribution in [3.05, 3.63) is 0 Å². The Morgan fingerprint density at radius 1 is 1.11 bits per heavy atom. The van der Waals surface area contributed by atoms with Gasteiger partial charge in [-0.3, -0.25) is 9.69 Å². The lowest BCUT2D eigenvalue weighted by Crippen LogP contribution is -2.50. The highest BCUT2D eigenvalue weighted by Crippen LogP contribution is 2.17. The van der Waals surface area contributed by atoms with Gasteiger partial charge in [-0.05, 0) is 18.8 Å². The highest BCUT2D eigenvalue weighted by molar-refractivity contribution is 5.78. The van der Waals surface area contributed by atoms with E-state index in [1.165, 1.54) is 32.2 Å². The maximum absolute atomic E-state index is 12.0. The van der Waals surface area contributed by atoms with Gasteiger partial charge in [-0.2, -0.15) is 0 Å². The van der Waals surface area contributed by atoms with Crippen LogP contribution in [-0.4, -0.2) is 61.0 Å². The van der Waals surface area contributed by atoms with E-state index in [1.54, 1.807) is 0 Å². The molecule has 1 amide bonds. The molecule has 1 N–H and O–H groups in total. The Labute approximate surface area is 117 Å². The van der Waals surface area contributed by atoms with E-state index in [0.717, 1.165) is 32.1 Å². The molecule has 0 atom stereocenters. The summed E-state index contributed by atoms with van der Waals surface area (Å²) in [7, 11) is 0. The minimum Gasteiger partial charge on any atom is -0.352 e. The molecule has 19 heavy (non-hydrogen) atoms. The SMILES string of the molecule is CC(C)CN1CCN(CC(=O)NC2CCCC2)CC1. The molecule has 1 aliphatic carbocycles. The fourth-order valence-corrected chi connectivity index (χ4v) is 3.19. The van der Waals surface area contributed by atoms with E-state index >= 15 is 0 Å². The molecule has 1 heterocycles. The number of hydrogen-bond acceptors (Lipinski definition) is 3. The summed E-state index contributed by atoms with van der Waals surface area (Å²) in [6, 6.07) is 0.453. The average molecular weight is 267 g/mol. The summed E-state index contributed by atoms with van der Waals surface area (Å²) in [5.41, 5.74) is 0. The van der Waals surface area contributed by atoms with Crippen LogP contribution in [0.1, 0.15) is 39.5 Å². The summed E-state index contributed by atoms with van der Waals surface area (Å²) in [4.78, 5) is 16.8. The number of nitrogens with one attached hydrogen (secondary N) is 1. The number of carbonyl (C=O) groups is 1. The van der Waals surface area contributed by atoms with Crippen LogP contribution in [0.2, 0.25) is 0 Å². The minimum absolute atomic E-state index is 0.226. The lowest BCUT2D eigenvalue weighted by molar-refractivity contribution is -0.123. The molecule has 4 heteroatoms. The quantitative estimate of drug-likeness (QED) is 0.816. The first-order chi connectivity index (χ1) is 9.13. The van der Waals surface area contributed by atoms with E-state index < -0.39 is 0 Å². The zero-order valence-electron chi connectivity index (χ0n) is 12.5. The Morgan fingerprint density at radius 2 is 1.68 bits per heavy atom. The second kappa shape index (κ2) is 7.25. The maximum Gasteiger partial charge on any atom is 0.234 e. The maximum atomic E-state index is 12.0. The fourth-order valence-electron chi connectivity index (χ4n) is 3.19. The van der Waals surface area contributed by atoms with Crippen molar-refractivity contribution in [1.29, 1.82) is 0 Å². The second-order valence-corrected chi connectivity index (χ2v) is 6.52. The van der Waals surface area contributed by atoms with Gasteiger partial charge < -0.3 is 10.2 Å². The molecule has 1 saturated carbocycles. The lowest BCUT2D eigenvalue weighted by atomic mass is 10.2. The average Bonchev–Trinajstić information content (AvgIpc) is 2.83. The number of piperazine rings is 1. The van der Waals surface area contributed by atoms with Gasteiger partial charge in [0.1, 0.15) is 0 Å². The largest absolute Gasteiger partial charge is 0.352 e. The standard InChI is InChI=1S/C15H29N3O/c1-13(2)11-17-7-9-18(10-8-17)12-15(19)16-14-5-3-4-6-14/h13-14H,3-12H2,1-2H3,(H,16,19). The molecular weight excluding hydrogens is 238 g/mol. The fraction of sp³-hybridized carbons (Fsp3) is 0.933. The Bertz CT molecular complexity index is 279. The molecule has 0 aromatic carbocycles. The number of amides is 1. The van der Waals surface area contributed by atoms with Crippen LogP contribution in [0.3, 0.4) is 0 Å². The molecule has 110 valence electrons. The molecule has 4 nitrogen and oxygen atoms in total. The third kappa shape index (κ3) is 5.11. The molecule has 2 rings (SSSR count). The third-order valence-corrected chi connectivity index (χ3v) is 4.18. The first-order valence-corrected chi connectivity index (χ1v) is 7.87. The van der Waals surface area contributed by atoms with Crippen molar-refractivity contribution in [2.24, 2.45) is 5.92 Å². The van der Waals surface area contributed by atoms with Gasteiger partial charge in [0.15, 0.2) is 0 Å². The molecule has 0 radical (unpaired) electrons. The molecule has 0 unspecified atom stereocenters. The smallest absolute Gasteiger partial charge is 0.234 e. The molecule has 0 spiro atoms. The minimum atomic E-state index is 0.226. The van der Waals surface area contributed by atoms with Crippen molar-refractivity contribution >= 4 is 5.91 Å². The van der Waals surface area contributed by atoms with Gasteiger partial charge in [0.25, 0.3) is 0 Å². The molecule has 0 bridgehead atoms. The van der Waals surface area contributed by atoms with Crippen molar-refractivity contribution in [3.8, 4) is 0 Å². The van der Waals surface area contributed by atoms with Crippen LogP contribution < -0.4 is 5.32 Å². The predicted molar refractivity (Wildman–Crippen MR) is 78.1 cm³/mol. The number of nitrogens with zero attached hydrogens (tertiary/aromatic N) is 2. The molecule has 0 aromatic rings. The number of hydrogen-bond donors (Lipinski definition) is 1. The van der Waals surface area contributed by atoms with Crippen LogP contribution in [0.4, 0.5) is 0 Å².